The van der Waals surface area contributed by atoms with Gasteiger partial charge < -0.3 is 14.9 Å². The van der Waals surface area contributed by atoms with E-state index in [1.165, 1.54) is 0 Å². The van der Waals surface area contributed by atoms with Gasteiger partial charge in [-0.2, -0.15) is 0 Å². The number of hydrogen-bond donors (Lipinski definition) is 2. The topological polar surface area (TPSA) is 49.7 Å². The summed E-state index contributed by atoms with van der Waals surface area (Å²) in [6.45, 7) is 5.91. The molecule has 3 nitrogen and oxygen atoms in total. The molecule has 0 heterocycles. The van der Waals surface area contributed by atoms with Crippen molar-refractivity contribution in [2.24, 2.45) is 5.92 Å². The van der Waals surface area contributed by atoms with Crippen molar-refractivity contribution < 1.29 is 14.9 Å². The Morgan fingerprint density at radius 3 is 2.38 bits per heavy atom. The van der Waals surface area contributed by atoms with Crippen molar-refractivity contribution >= 4 is 11.6 Å². The maximum absolute atomic E-state index is 10.4. The van der Waals surface area contributed by atoms with Gasteiger partial charge in [-0.05, 0) is 43.2 Å². The van der Waals surface area contributed by atoms with Gasteiger partial charge in [0.2, 0.25) is 0 Å². The van der Waals surface area contributed by atoms with Crippen molar-refractivity contribution in [1.29, 1.82) is 0 Å². The van der Waals surface area contributed by atoms with Gasteiger partial charge in [-0.3, -0.25) is 0 Å². The lowest BCUT2D eigenvalue weighted by atomic mass is 9.93. The Hall–Kier alpha value is -0.610. The van der Waals surface area contributed by atoms with Crippen LogP contribution in [0.4, 0.5) is 0 Å². The summed E-state index contributed by atoms with van der Waals surface area (Å²) in [5.74, 6) is -0.962. The molecule has 0 aliphatic carbocycles. The second-order valence-corrected chi connectivity index (χ2v) is 6.00. The number of aliphatic hydroxyl groups is 2. The summed E-state index contributed by atoms with van der Waals surface area (Å²) in [5, 5.41) is 20.4. The van der Waals surface area contributed by atoms with Gasteiger partial charge in [-0.25, -0.2) is 0 Å². The molecule has 0 amide bonds. The van der Waals surface area contributed by atoms with Crippen LogP contribution in [0, 0.1) is 5.92 Å². The second kappa shape index (κ2) is 8.74. The molecule has 1 aromatic carbocycles. The van der Waals surface area contributed by atoms with Crippen LogP contribution in [-0.2, 0) is 11.2 Å². The Morgan fingerprint density at radius 2 is 1.86 bits per heavy atom. The van der Waals surface area contributed by atoms with Gasteiger partial charge in [0.25, 0.3) is 0 Å². The van der Waals surface area contributed by atoms with E-state index in [1.807, 2.05) is 38.1 Å². The van der Waals surface area contributed by atoms with E-state index in [0.29, 0.717) is 19.3 Å². The van der Waals surface area contributed by atoms with Crippen LogP contribution in [0.5, 0.6) is 0 Å². The van der Waals surface area contributed by atoms with Gasteiger partial charge in [-0.15, -0.1) is 0 Å². The van der Waals surface area contributed by atoms with Gasteiger partial charge in [0.1, 0.15) is 0 Å². The lowest BCUT2D eigenvalue weighted by Crippen LogP contribution is -2.39. The van der Waals surface area contributed by atoms with Gasteiger partial charge in [0, 0.05) is 11.6 Å². The molecule has 120 valence electrons. The summed E-state index contributed by atoms with van der Waals surface area (Å²) in [4.78, 5) is 0. The highest BCUT2D eigenvalue weighted by atomic mass is 35.5. The average Bonchev–Trinajstić information content (AvgIpc) is 2.49. The summed E-state index contributed by atoms with van der Waals surface area (Å²) in [6, 6.07) is 7.75. The van der Waals surface area contributed by atoms with Crippen molar-refractivity contribution in [3.63, 3.8) is 0 Å². The van der Waals surface area contributed by atoms with Crippen molar-refractivity contribution in [3.8, 4) is 0 Å². The smallest absolute Gasteiger partial charge is 0.165 e. The van der Waals surface area contributed by atoms with Crippen LogP contribution in [-0.4, -0.2) is 28.7 Å². The minimum Gasteiger partial charge on any atom is -0.396 e. The maximum Gasteiger partial charge on any atom is 0.165 e. The zero-order chi connectivity index (χ0) is 15.9. The van der Waals surface area contributed by atoms with Crippen LogP contribution in [0.25, 0.3) is 0 Å². The first-order valence-electron chi connectivity index (χ1n) is 7.70. The van der Waals surface area contributed by atoms with Crippen LogP contribution in [0.3, 0.4) is 0 Å². The SMILES string of the molecule is CCC(O)(CC)OC(CCO)C(C)Cc1ccccc1Cl. The highest BCUT2D eigenvalue weighted by molar-refractivity contribution is 6.31. The fourth-order valence-electron chi connectivity index (χ4n) is 2.43. The van der Waals surface area contributed by atoms with Crippen molar-refractivity contribution in [3.05, 3.63) is 34.9 Å². The monoisotopic (exact) mass is 314 g/mol. The molecule has 0 radical (unpaired) electrons. The molecule has 2 unspecified atom stereocenters. The Balaban J connectivity index is 2.78. The molecular formula is C17H27ClO3. The fraction of sp³-hybridized carbons (Fsp3) is 0.647. The predicted octanol–water partition coefficient (Wildman–Crippen LogP) is 3.79. The Bertz CT molecular complexity index is 418. The summed E-state index contributed by atoms with van der Waals surface area (Å²) in [7, 11) is 0. The highest BCUT2D eigenvalue weighted by Gasteiger charge is 2.30. The summed E-state index contributed by atoms with van der Waals surface area (Å²) < 4.78 is 5.90. The predicted molar refractivity (Wildman–Crippen MR) is 86.4 cm³/mol. The standard InChI is InChI=1S/C17H27ClO3/c1-4-17(20,5-2)21-16(10-11-19)13(3)12-14-8-6-7-9-15(14)18/h6-9,13,16,19-20H,4-5,10-12H2,1-3H3. The quantitative estimate of drug-likeness (QED) is 0.682. The largest absolute Gasteiger partial charge is 0.396 e. The number of benzene rings is 1. The van der Waals surface area contributed by atoms with E-state index in [2.05, 4.69) is 6.92 Å². The highest BCUT2D eigenvalue weighted by Crippen LogP contribution is 2.27. The van der Waals surface area contributed by atoms with E-state index in [-0.39, 0.29) is 18.6 Å². The van der Waals surface area contributed by atoms with E-state index in [1.54, 1.807) is 0 Å². The maximum atomic E-state index is 10.4. The molecule has 0 aliphatic rings. The molecule has 0 saturated heterocycles. The van der Waals surface area contributed by atoms with Crippen LogP contribution in [0.15, 0.2) is 24.3 Å². The lowest BCUT2D eigenvalue weighted by molar-refractivity contribution is -0.244. The van der Waals surface area contributed by atoms with E-state index in [4.69, 9.17) is 16.3 Å². The molecule has 0 saturated carbocycles. The molecule has 0 aliphatic heterocycles. The Labute approximate surface area is 132 Å². The van der Waals surface area contributed by atoms with Crippen molar-refractivity contribution in [2.45, 2.75) is 58.3 Å². The van der Waals surface area contributed by atoms with Crippen molar-refractivity contribution in [2.75, 3.05) is 6.61 Å². The van der Waals surface area contributed by atoms with Gasteiger partial charge in [-0.1, -0.05) is 50.6 Å². The van der Waals surface area contributed by atoms with Crippen LogP contribution in [0.2, 0.25) is 5.02 Å². The van der Waals surface area contributed by atoms with E-state index in [0.717, 1.165) is 17.0 Å². The minimum atomic E-state index is -1.12. The number of rotatable bonds is 9. The number of aliphatic hydroxyl groups excluding tert-OH is 1. The lowest BCUT2D eigenvalue weighted by Gasteiger charge is -2.34. The molecule has 4 heteroatoms. The molecule has 2 N–H and O–H groups in total. The molecule has 2 atom stereocenters. The molecule has 0 bridgehead atoms. The third-order valence-corrected chi connectivity index (χ3v) is 4.39. The summed E-state index contributed by atoms with van der Waals surface area (Å²) >= 11 is 6.20. The zero-order valence-electron chi connectivity index (χ0n) is 13.2. The van der Waals surface area contributed by atoms with Crippen LogP contribution < -0.4 is 0 Å². The molecule has 0 spiro atoms. The molecule has 0 aromatic heterocycles. The van der Waals surface area contributed by atoms with Gasteiger partial charge >= 0.3 is 0 Å². The van der Waals surface area contributed by atoms with E-state index >= 15 is 0 Å². The number of ether oxygens (including phenoxy) is 1. The minimum absolute atomic E-state index is 0.0427. The Morgan fingerprint density at radius 1 is 1.24 bits per heavy atom. The normalized spacial score (nSPS) is 15.0. The zero-order valence-corrected chi connectivity index (χ0v) is 13.9. The first-order valence-corrected chi connectivity index (χ1v) is 8.08. The number of hydrogen-bond acceptors (Lipinski definition) is 3. The van der Waals surface area contributed by atoms with E-state index < -0.39 is 5.79 Å². The van der Waals surface area contributed by atoms with Crippen LogP contribution >= 0.6 is 11.6 Å². The van der Waals surface area contributed by atoms with Gasteiger partial charge in [0.15, 0.2) is 5.79 Å². The van der Waals surface area contributed by atoms with E-state index in [9.17, 15) is 10.2 Å². The van der Waals surface area contributed by atoms with Crippen molar-refractivity contribution in [1.82, 2.24) is 0 Å². The summed E-state index contributed by atoms with van der Waals surface area (Å²) in [5.41, 5.74) is 1.06. The third kappa shape index (κ3) is 5.59. The Kier molecular flexibility index (Phi) is 7.67. The molecule has 0 fully saturated rings. The summed E-state index contributed by atoms with van der Waals surface area (Å²) in [6.07, 6.45) is 2.13. The van der Waals surface area contributed by atoms with Gasteiger partial charge in [0.05, 0.1) is 6.10 Å². The first-order chi connectivity index (χ1) is 9.95. The van der Waals surface area contributed by atoms with Crippen LogP contribution in [0.1, 0.15) is 45.6 Å². The number of halogens is 1. The molecular weight excluding hydrogens is 288 g/mol. The molecule has 1 aromatic rings. The second-order valence-electron chi connectivity index (χ2n) is 5.59. The molecule has 21 heavy (non-hydrogen) atoms. The average molecular weight is 315 g/mol. The third-order valence-electron chi connectivity index (χ3n) is 4.02. The fourth-order valence-corrected chi connectivity index (χ4v) is 2.64. The molecule has 1 rings (SSSR count). The first kappa shape index (κ1) is 18.4.